The van der Waals surface area contributed by atoms with Gasteiger partial charge >= 0.3 is 0 Å². The van der Waals surface area contributed by atoms with E-state index in [0.29, 0.717) is 21.2 Å². The van der Waals surface area contributed by atoms with Crippen LogP contribution < -0.4 is 5.43 Å². The first-order valence-corrected chi connectivity index (χ1v) is 7.80. The maximum absolute atomic E-state index is 12.1. The number of aromatic hydroxyl groups is 1. The predicted molar refractivity (Wildman–Crippen MR) is 97.1 cm³/mol. The van der Waals surface area contributed by atoms with Crippen molar-refractivity contribution in [1.29, 1.82) is 0 Å². The largest absolute Gasteiger partial charge is 0.507 e. The van der Waals surface area contributed by atoms with Crippen LogP contribution in [0.1, 0.15) is 15.9 Å². The third-order valence-electron chi connectivity index (χ3n) is 3.43. The molecular weight excluding hydrogens is 347 g/mol. The molecule has 0 heterocycles. The van der Waals surface area contributed by atoms with Crippen LogP contribution in [0, 0.1) is 0 Å². The van der Waals surface area contributed by atoms with Gasteiger partial charge in [0.05, 0.1) is 6.21 Å². The van der Waals surface area contributed by atoms with Crippen LogP contribution >= 0.6 is 23.2 Å². The van der Waals surface area contributed by atoms with Gasteiger partial charge in [0.2, 0.25) is 0 Å². The van der Waals surface area contributed by atoms with Crippen LogP contribution in [0.4, 0.5) is 0 Å². The number of halogens is 2. The molecular formula is C18H12Cl2N2O2. The predicted octanol–water partition coefficient (Wildman–Crippen LogP) is 4.62. The third kappa shape index (κ3) is 3.50. The van der Waals surface area contributed by atoms with Crippen LogP contribution in [0.5, 0.6) is 5.75 Å². The number of amides is 1. The van der Waals surface area contributed by atoms with Crippen molar-refractivity contribution in [3.8, 4) is 5.75 Å². The van der Waals surface area contributed by atoms with Gasteiger partial charge in [0, 0.05) is 21.2 Å². The Hall–Kier alpha value is -2.56. The molecule has 0 fully saturated rings. The minimum atomic E-state index is -0.449. The van der Waals surface area contributed by atoms with Crippen molar-refractivity contribution in [3.05, 3.63) is 75.8 Å². The van der Waals surface area contributed by atoms with Crippen LogP contribution in [-0.4, -0.2) is 17.2 Å². The van der Waals surface area contributed by atoms with Gasteiger partial charge in [-0.25, -0.2) is 5.43 Å². The highest BCUT2D eigenvalue weighted by Crippen LogP contribution is 2.25. The van der Waals surface area contributed by atoms with Crippen molar-refractivity contribution in [2.75, 3.05) is 0 Å². The smallest absolute Gasteiger partial charge is 0.271 e. The van der Waals surface area contributed by atoms with E-state index in [2.05, 4.69) is 10.5 Å². The number of nitrogens with zero attached hydrogens (tertiary/aromatic N) is 1. The van der Waals surface area contributed by atoms with Crippen LogP contribution in [0.25, 0.3) is 10.8 Å². The summed E-state index contributed by atoms with van der Waals surface area (Å²) in [5, 5.41) is 16.5. The molecule has 4 nitrogen and oxygen atoms in total. The van der Waals surface area contributed by atoms with Gasteiger partial charge in [-0.2, -0.15) is 5.10 Å². The lowest BCUT2D eigenvalue weighted by atomic mass is 10.0. The molecule has 6 heteroatoms. The number of hydrogen-bond donors (Lipinski definition) is 2. The van der Waals surface area contributed by atoms with Gasteiger partial charge in [-0.1, -0.05) is 53.5 Å². The number of phenols is 1. The molecule has 0 saturated heterocycles. The molecule has 0 saturated carbocycles. The molecule has 0 aromatic heterocycles. The minimum absolute atomic E-state index is 0.0810. The van der Waals surface area contributed by atoms with Gasteiger partial charge in [0.15, 0.2) is 0 Å². The van der Waals surface area contributed by atoms with Gasteiger partial charge in [-0.15, -0.1) is 0 Å². The van der Waals surface area contributed by atoms with E-state index in [1.165, 1.54) is 24.4 Å². The zero-order valence-corrected chi connectivity index (χ0v) is 13.8. The zero-order valence-electron chi connectivity index (χ0n) is 12.3. The molecule has 3 rings (SSSR count). The number of rotatable bonds is 3. The van der Waals surface area contributed by atoms with E-state index in [-0.39, 0.29) is 5.75 Å². The second kappa shape index (κ2) is 6.91. The average Bonchev–Trinajstić information content (AvgIpc) is 2.56. The molecule has 0 radical (unpaired) electrons. The molecule has 0 aliphatic carbocycles. The molecule has 3 aromatic rings. The summed E-state index contributed by atoms with van der Waals surface area (Å²) in [6.07, 6.45) is 1.40. The summed E-state index contributed by atoms with van der Waals surface area (Å²) in [5.74, 6) is -0.368. The maximum atomic E-state index is 12.1. The number of phenolic OH excluding ortho intramolecular Hbond substituents is 1. The Morgan fingerprint density at radius 2 is 1.75 bits per heavy atom. The molecule has 1 amide bonds. The van der Waals surface area contributed by atoms with E-state index in [1.54, 1.807) is 6.07 Å². The summed E-state index contributed by atoms with van der Waals surface area (Å²) in [6, 6.07) is 15.5. The minimum Gasteiger partial charge on any atom is -0.507 e. The number of carbonyl (C=O) groups is 1. The quantitative estimate of drug-likeness (QED) is 0.530. The first kappa shape index (κ1) is 16.3. The number of hydrogen-bond acceptors (Lipinski definition) is 3. The van der Waals surface area contributed by atoms with Gasteiger partial charge < -0.3 is 5.11 Å². The molecule has 0 spiro atoms. The Morgan fingerprint density at radius 3 is 2.50 bits per heavy atom. The van der Waals surface area contributed by atoms with E-state index in [9.17, 15) is 9.90 Å². The fraction of sp³-hybridized carbons (Fsp3) is 0. The average molecular weight is 359 g/mol. The Bertz CT molecular complexity index is 935. The van der Waals surface area contributed by atoms with E-state index in [0.717, 1.165) is 10.8 Å². The summed E-state index contributed by atoms with van der Waals surface area (Å²) in [5.41, 5.74) is 3.22. The van der Waals surface area contributed by atoms with E-state index < -0.39 is 5.91 Å². The lowest BCUT2D eigenvalue weighted by Crippen LogP contribution is -2.17. The number of benzene rings is 3. The Balaban J connectivity index is 1.84. The Morgan fingerprint density at radius 1 is 1.04 bits per heavy atom. The van der Waals surface area contributed by atoms with Crippen molar-refractivity contribution < 1.29 is 9.90 Å². The third-order valence-corrected chi connectivity index (χ3v) is 3.87. The first-order valence-electron chi connectivity index (χ1n) is 7.05. The normalized spacial score (nSPS) is 11.1. The standard InChI is InChI=1S/C18H12Cl2N2O2/c19-13-7-12(8-14(20)9-13)18(24)22-21-10-16-15-4-2-1-3-11(15)5-6-17(16)23/h1-10,23H,(H,22,24)/b21-10-. The van der Waals surface area contributed by atoms with Crippen molar-refractivity contribution in [2.24, 2.45) is 5.10 Å². The molecule has 0 atom stereocenters. The van der Waals surface area contributed by atoms with Crippen LogP contribution in [0.15, 0.2) is 59.7 Å². The SMILES string of the molecule is O=C(N/N=C\c1c(O)ccc2ccccc12)c1cc(Cl)cc(Cl)c1. The summed E-state index contributed by atoms with van der Waals surface area (Å²) in [6.45, 7) is 0. The van der Waals surface area contributed by atoms with Gasteiger partial charge in [-0.3, -0.25) is 4.79 Å². The van der Waals surface area contributed by atoms with Gasteiger partial charge in [0.1, 0.15) is 5.75 Å². The number of hydrazone groups is 1. The van der Waals surface area contributed by atoms with Crippen LogP contribution in [-0.2, 0) is 0 Å². The lowest BCUT2D eigenvalue weighted by Gasteiger charge is -2.05. The highest BCUT2D eigenvalue weighted by atomic mass is 35.5. The summed E-state index contributed by atoms with van der Waals surface area (Å²) in [7, 11) is 0. The molecule has 3 aromatic carbocycles. The fourth-order valence-corrected chi connectivity index (χ4v) is 2.85. The van der Waals surface area contributed by atoms with Crippen LogP contribution in [0.3, 0.4) is 0 Å². The summed E-state index contributed by atoms with van der Waals surface area (Å²) in [4.78, 5) is 12.1. The molecule has 24 heavy (non-hydrogen) atoms. The second-order valence-corrected chi connectivity index (χ2v) is 5.95. The van der Waals surface area contributed by atoms with E-state index in [4.69, 9.17) is 23.2 Å². The molecule has 2 N–H and O–H groups in total. The summed E-state index contributed by atoms with van der Waals surface area (Å²) < 4.78 is 0. The number of fused-ring (bicyclic) bond motifs is 1. The molecule has 0 aliphatic heterocycles. The lowest BCUT2D eigenvalue weighted by molar-refractivity contribution is 0.0955. The highest BCUT2D eigenvalue weighted by molar-refractivity contribution is 6.35. The first-order chi connectivity index (χ1) is 11.5. The van der Waals surface area contributed by atoms with Crippen molar-refractivity contribution in [2.45, 2.75) is 0 Å². The topological polar surface area (TPSA) is 61.7 Å². The highest BCUT2D eigenvalue weighted by Gasteiger charge is 2.08. The number of nitrogens with one attached hydrogen (secondary N) is 1. The van der Waals surface area contributed by atoms with Crippen molar-refractivity contribution >= 4 is 46.1 Å². The van der Waals surface area contributed by atoms with Gasteiger partial charge in [-0.05, 0) is 35.0 Å². The Labute approximate surface area is 148 Å². The van der Waals surface area contributed by atoms with Crippen molar-refractivity contribution in [3.63, 3.8) is 0 Å². The summed E-state index contributed by atoms with van der Waals surface area (Å²) >= 11 is 11.7. The van der Waals surface area contributed by atoms with Crippen molar-refractivity contribution in [1.82, 2.24) is 5.43 Å². The fourth-order valence-electron chi connectivity index (χ4n) is 2.32. The molecule has 120 valence electrons. The Kier molecular flexibility index (Phi) is 4.69. The van der Waals surface area contributed by atoms with E-state index >= 15 is 0 Å². The van der Waals surface area contributed by atoms with Gasteiger partial charge in [0.25, 0.3) is 5.91 Å². The monoisotopic (exact) mass is 358 g/mol. The second-order valence-electron chi connectivity index (χ2n) is 5.08. The van der Waals surface area contributed by atoms with Crippen LogP contribution in [0.2, 0.25) is 10.0 Å². The maximum Gasteiger partial charge on any atom is 0.271 e. The zero-order chi connectivity index (χ0) is 17.1. The van der Waals surface area contributed by atoms with E-state index in [1.807, 2.05) is 30.3 Å². The molecule has 0 unspecified atom stereocenters. The molecule has 0 bridgehead atoms. The number of carbonyl (C=O) groups excluding carboxylic acids is 1. The molecule has 0 aliphatic rings.